The lowest BCUT2D eigenvalue weighted by atomic mass is 9.67. The number of carboxylic acid groups (broad SMARTS) is 1. The normalized spacial score (nSPS) is 31.9. The Morgan fingerprint density at radius 3 is 2.68 bits per heavy atom. The van der Waals surface area contributed by atoms with Crippen LogP contribution in [0.2, 0.25) is 5.02 Å². The van der Waals surface area contributed by atoms with E-state index in [0.29, 0.717) is 43.9 Å². The summed E-state index contributed by atoms with van der Waals surface area (Å²) in [5.74, 6) is -0.412. The van der Waals surface area contributed by atoms with Crippen molar-refractivity contribution < 1.29 is 28.5 Å². The van der Waals surface area contributed by atoms with Crippen molar-refractivity contribution in [1.29, 1.82) is 0 Å². The maximum atomic E-state index is 13.5. The maximum absolute atomic E-state index is 13.5. The number of ether oxygens (including phenoxy) is 1. The number of carbonyl (C=O) groups is 2. The second kappa shape index (κ2) is 12.2. The molecule has 1 amide bonds. The second-order valence-electron chi connectivity index (χ2n) is 13.4. The van der Waals surface area contributed by atoms with E-state index in [4.69, 9.17) is 16.3 Å². The molecule has 10 heteroatoms. The minimum atomic E-state index is -3.44. The van der Waals surface area contributed by atoms with Crippen molar-refractivity contribution in [2.24, 2.45) is 17.8 Å². The molecular weight excluding hydrogens is 600 g/mol. The van der Waals surface area contributed by atoms with Crippen molar-refractivity contribution in [3.05, 3.63) is 69.8 Å². The van der Waals surface area contributed by atoms with Crippen LogP contribution in [0, 0.1) is 17.8 Å². The summed E-state index contributed by atoms with van der Waals surface area (Å²) in [7, 11) is -3.44. The van der Waals surface area contributed by atoms with Gasteiger partial charge in [-0.15, -0.1) is 10.8 Å². The number of anilines is 1. The van der Waals surface area contributed by atoms with Crippen molar-refractivity contribution in [1.82, 2.24) is 4.72 Å². The summed E-state index contributed by atoms with van der Waals surface area (Å²) in [6.45, 7) is 5.58. The summed E-state index contributed by atoms with van der Waals surface area (Å²) in [6.07, 6.45) is 8.36. The molecule has 2 aliphatic carbocycles. The molecule has 6 rings (SSSR count). The number of nitrogens with zero attached hydrogens (tertiary/aromatic N) is 1. The first-order valence-electron chi connectivity index (χ1n) is 15.8. The van der Waals surface area contributed by atoms with Crippen molar-refractivity contribution >= 4 is 39.9 Å². The number of aliphatic carboxylic acids is 1. The Bertz CT molecular complexity index is 1480. The predicted molar refractivity (Wildman–Crippen MR) is 175 cm³/mol. The Kier molecular flexibility index (Phi) is 8.69. The number of carboxylic acids is 1. The highest BCUT2D eigenvalue weighted by molar-refractivity contribution is 8.23. The summed E-state index contributed by atoms with van der Waals surface area (Å²) in [5, 5.41) is 9.92. The number of hydrogen-bond acceptors (Lipinski definition) is 6. The first-order chi connectivity index (χ1) is 21.0. The third-order valence-corrected chi connectivity index (χ3v) is 12.9. The Labute approximate surface area is 266 Å². The van der Waals surface area contributed by atoms with Gasteiger partial charge >= 0.3 is 5.97 Å². The molecular formula is C34H43ClN2O6S. The molecule has 2 bridgehead atoms. The lowest BCUT2D eigenvalue weighted by Gasteiger charge is -2.45. The van der Waals surface area contributed by atoms with Crippen LogP contribution >= 0.6 is 22.4 Å². The number of nitrogens with one attached hydrogen (secondary N) is 1. The zero-order chi connectivity index (χ0) is 31.2. The van der Waals surface area contributed by atoms with Crippen molar-refractivity contribution in [2.45, 2.75) is 75.9 Å². The van der Waals surface area contributed by atoms with Crippen molar-refractivity contribution in [3.8, 4) is 5.75 Å². The SMILES string of the molecule is C[C@@H]1[C@@H](C)CCC/C(=C/C(=O)O)[C@@H]2CC[C@H]2CN2C[C@@]3(CCCc4cc(Cl)ccc43)COc3ccc(cc32)C(=O)NS1(O)O. The highest BCUT2D eigenvalue weighted by Crippen LogP contribution is 2.49. The Balaban J connectivity index is 1.43. The number of allylic oxidation sites excluding steroid dienone is 1. The molecule has 1 fully saturated rings. The van der Waals surface area contributed by atoms with E-state index >= 15 is 0 Å². The van der Waals surface area contributed by atoms with E-state index in [0.717, 1.165) is 54.8 Å². The topological polar surface area (TPSA) is 119 Å². The van der Waals surface area contributed by atoms with Gasteiger partial charge in [0.25, 0.3) is 5.91 Å². The minimum Gasteiger partial charge on any atom is -0.490 e. The molecule has 4 N–H and O–H groups in total. The van der Waals surface area contributed by atoms with Crippen LogP contribution in [-0.4, -0.2) is 51.0 Å². The molecule has 0 saturated heterocycles. The number of amides is 1. The molecule has 0 radical (unpaired) electrons. The molecule has 238 valence electrons. The third-order valence-electron chi connectivity index (χ3n) is 10.6. The predicted octanol–water partition coefficient (Wildman–Crippen LogP) is 7.45. The second-order valence-corrected chi connectivity index (χ2v) is 16.0. The molecule has 4 aliphatic rings. The van der Waals surface area contributed by atoms with E-state index in [9.17, 15) is 23.8 Å². The summed E-state index contributed by atoms with van der Waals surface area (Å²) in [6, 6.07) is 11.5. The fourth-order valence-electron chi connectivity index (χ4n) is 7.81. The van der Waals surface area contributed by atoms with Crippen molar-refractivity contribution in [2.75, 3.05) is 24.6 Å². The van der Waals surface area contributed by atoms with Gasteiger partial charge in [0.05, 0.1) is 17.5 Å². The number of rotatable bonds is 1. The van der Waals surface area contributed by atoms with Crippen LogP contribution in [0.25, 0.3) is 0 Å². The Morgan fingerprint density at radius 2 is 1.93 bits per heavy atom. The molecule has 1 spiro atoms. The van der Waals surface area contributed by atoms with Crippen LogP contribution in [0.15, 0.2) is 48.0 Å². The molecule has 8 nitrogen and oxygen atoms in total. The largest absolute Gasteiger partial charge is 0.490 e. The van der Waals surface area contributed by atoms with Gasteiger partial charge in [-0.25, -0.2) is 9.52 Å². The number of halogens is 1. The molecule has 0 unspecified atom stereocenters. The van der Waals surface area contributed by atoms with E-state index in [1.165, 1.54) is 17.2 Å². The van der Waals surface area contributed by atoms with Crippen LogP contribution in [0.4, 0.5) is 5.69 Å². The van der Waals surface area contributed by atoms with E-state index in [2.05, 4.69) is 21.8 Å². The van der Waals surface area contributed by atoms with Gasteiger partial charge in [0.2, 0.25) is 0 Å². The third kappa shape index (κ3) is 6.08. The zero-order valence-corrected chi connectivity index (χ0v) is 27.0. The van der Waals surface area contributed by atoms with E-state index in [1.807, 2.05) is 25.1 Å². The van der Waals surface area contributed by atoms with Crippen LogP contribution in [-0.2, 0) is 16.6 Å². The average molecular weight is 643 g/mol. The monoisotopic (exact) mass is 642 g/mol. The van der Waals surface area contributed by atoms with Crippen LogP contribution in [0.1, 0.15) is 80.3 Å². The van der Waals surface area contributed by atoms with E-state index in [-0.39, 0.29) is 23.2 Å². The summed E-state index contributed by atoms with van der Waals surface area (Å²) >= 11 is 6.40. The molecule has 44 heavy (non-hydrogen) atoms. The first kappa shape index (κ1) is 31.3. The summed E-state index contributed by atoms with van der Waals surface area (Å²) < 4.78 is 31.2. The highest BCUT2D eigenvalue weighted by atomic mass is 35.5. The minimum absolute atomic E-state index is 0.0862. The lowest BCUT2D eigenvalue weighted by molar-refractivity contribution is -0.131. The fourth-order valence-corrected chi connectivity index (χ4v) is 9.37. The van der Waals surface area contributed by atoms with Crippen LogP contribution < -0.4 is 14.4 Å². The van der Waals surface area contributed by atoms with Crippen LogP contribution in [0.3, 0.4) is 0 Å². The van der Waals surface area contributed by atoms with Gasteiger partial charge in [-0.05, 0) is 118 Å². The van der Waals surface area contributed by atoms with Gasteiger partial charge in [-0.3, -0.25) is 13.9 Å². The highest BCUT2D eigenvalue weighted by Gasteiger charge is 2.44. The molecule has 1 saturated carbocycles. The Hall–Kier alpha value is -2.72. The van der Waals surface area contributed by atoms with Gasteiger partial charge < -0.3 is 14.7 Å². The van der Waals surface area contributed by atoms with Gasteiger partial charge in [-0.1, -0.05) is 30.2 Å². The van der Waals surface area contributed by atoms with Crippen molar-refractivity contribution in [3.63, 3.8) is 0 Å². The quantitative estimate of drug-likeness (QED) is 0.239. The first-order valence-corrected chi connectivity index (χ1v) is 17.8. The average Bonchev–Trinajstić information content (AvgIpc) is 3.10. The van der Waals surface area contributed by atoms with E-state index < -0.39 is 27.9 Å². The van der Waals surface area contributed by atoms with Crippen LogP contribution in [0.5, 0.6) is 5.75 Å². The zero-order valence-electron chi connectivity index (χ0n) is 25.4. The van der Waals surface area contributed by atoms with Gasteiger partial charge in [-0.2, -0.15) is 0 Å². The molecule has 2 aromatic rings. The summed E-state index contributed by atoms with van der Waals surface area (Å²) in [4.78, 5) is 27.7. The Morgan fingerprint density at radius 1 is 1.11 bits per heavy atom. The molecule has 2 aliphatic heterocycles. The number of aryl methyl sites for hydroxylation is 1. The van der Waals surface area contributed by atoms with Gasteiger partial charge in [0, 0.05) is 35.2 Å². The number of benzene rings is 2. The molecule has 2 heterocycles. The fraction of sp³-hybridized carbons (Fsp3) is 0.529. The van der Waals surface area contributed by atoms with E-state index in [1.54, 1.807) is 13.0 Å². The molecule has 5 atom stereocenters. The number of fused-ring (bicyclic) bond motifs is 4. The van der Waals surface area contributed by atoms with Gasteiger partial charge in [0.15, 0.2) is 0 Å². The number of hydrogen-bond donors (Lipinski definition) is 4. The maximum Gasteiger partial charge on any atom is 0.328 e. The summed E-state index contributed by atoms with van der Waals surface area (Å²) in [5.41, 5.74) is 4.32. The number of carbonyl (C=O) groups excluding carboxylic acids is 1. The lowest BCUT2D eigenvalue weighted by Crippen LogP contribution is -2.48. The standard InChI is InChI=1S/C34H43ClN2O6S/c1-21-5-3-6-23(17-32(38)39)28-11-8-26(28)18-37-19-34(14-4-7-24-15-27(35)10-12-29(24)34)20-43-31-13-9-25(16-30(31)37)33(40)36-44(41,42)22(21)2/h9-10,12-13,15-17,21-22,26,28,41-42H,3-8,11,14,18-20H2,1-2H3,(H,36,40)(H,38,39)/b23-17-/t21-,22+,26-,28-,34-/m0/s1. The smallest absolute Gasteiger partial charge is 0.328 e. The van der Waals surface area contributed by atoms with Gasteiger partial charge in [0.1, 0.15) is 5.75 Å². The molecule has 2 aromatic carbocycles. The molecule has 0 aromatic heterocycles.